The van der Waals surface area contributed by atoms with Crippen molar-refractivity contribution >= 4 is 35.1 Å². The van der Waals surface area contributed by atoms with Gasteiger partial charge in [-0.25, -0.2) is 0 Å². The van der Waals surface area contributed by atoms with Crippen LogP contribution in [0.2, 0.25) is 5.02 Å². The molecule has 0 fully saturated rings. The first-order valence-electron chi connectivity index (χ1n) is 10.1. The van der Waals surface area contributed by atoms with Crippen LogP contribution in [0.3, 0.4) is 0 Å². The molecule has 3 N–H and O–H groups in total. The second-order valence-corrected chi connectivity index (χ2v) is 7.87. The lowest BCUT2D eigenvalue weighted by Gasteiger charge is -2.31. The van der Waals surface area contributed by atoms with Crippen LogP contribution in [0.5, 0.6) is 11.6 Å². The number of amides is 2. The van der Waals surface area contributed by atoms with E-state index in [1.165, 1.54) is 4.90 Å². The number of hydrogen-bond donors (Lipinski definition) is 2. The highest BCUT2D eigenvalue weighted by atomic mass is 35.5. The van der Waals surface area contributed by atoms with Gasteiger partial charge in [-0.3, -0.25) is 19.5 Å². The highest BCUT2D eigenvalue weighted by molar-refractivity contribution is 6.30. The molecule has 33 heavy (non-hydrogen) atoms. The first-order chi connectivity index (χ1) is 15.9. The van der Waals surface area contributed by atoms with Crippen LogP contribution in [-0.4, -0.2) is 39.4 Å². The molecule has 0 saturated carbocycles. The predicted molar refractivity (Wildman–Crippen MR) is 124 cm³/mol. The summed E-state index contributed by atoms with van der Waals surface area (Å²) in [6, 6.07) is 17.7. The summed E-state index contributed by atoms with van der Waals surface area (Å²) in [7, 11) is 0. The Kier molecular flexibility index (Phi) is 6.50. The number of rotatable bonds is 6. The molecule has 2 aromatic carbocycles. The summed E-state index contributed by atoms with van der Waals surface area (Å²) in [5, 5.41) is 11.7. The van der Waals surface area contributed by atoms with Crippen molar-refractivity contribution in [1.82, 2.24) is 15.1 Å². The molecular weight excluding hydrogens is 444 g/mol. The molecule has 0 spiro atoms. The van der Waals surface area contributed by atoms with Crippen LogP contribution in [0.25, 0.3) is 0 Å². The minimum atomic E-state index is -1.01. The Morgan fingerprint density at radius 3 is 2.48 bits per heavy atom. The summed E-state index contributed by atoms with van der Waals surface area (Å²) < 4.78 is 5.69. The number of nitrogens with zero attached hydrogens (tertiary/aromatic N) is 4. The lowest BCUT2D eigenvalue weighted by atomic mass is 10.1. The Balaban J connectivity index is 1.51. The summed E-state index contributed by atoms with van der Waals surface area (Å²) in [6.45, 7) is 2.04. The number of ether oxygens (including phenoxy) is 1. The molecule has 1 aliphatic heterocycles. The molecule has 0 radical (unpaired) electrons. The Labute approximate surface area is 195 Å². The van der Waals surface area contributed by atoms with Crippen molar-refractivity contribution in [2.24, 2.45) is 16.6 Å². The van der Waals surface area contributed by atoms with E-state index in [-0.39, 0.29) is 13.1 Å². The number of nitrogens with one attached hydrogen (secondary N) is 1. The van der Waals surface area contributed by atoms with Gasteiger partial charge in [0.25, 0.3) is 0 Å². The normalized spacial score (nSPS) is 15.7. The summed E-state index contributed by atoms with van der Waals surface area (Å²) >= 11 is 5.96. The molecule has 1 aromatic heterocycles. The van der Waals surface area contributed by atoms with Crippen molar-refractivity contribution in [3.8, 4) is 11.6 Å². The minimum Gasteiger partial charge on any atom is -0.438 e. The monoisotopic (exact) mass is 464 g/mol. The first-order valence-corrected chi connectivity index (χ1v) is 10.5. The van der Waals surface area contributed by atoms with Gasteiger partial charge < -0.3 is 15.8 Å². The van der Waals surface area contributed by atoms with Crippen molar-refractivity contribution in [2.45, 2.75) is 13.5 Å². The van der Waals surface area contributed by atoms with E-state index < -0.39 is 17.7 Å². The van der Waals surface area contributed by atoms with Gasteiger partial charge >= 0.3 is 0 Å². The maximum absolute atomic E-state index is 13.0. The average Bonchev–Trinajstić information content (AvgIpc) is 2.80. The zero-order valence-electron chi connectivity index (χ0n) is 17.7. The number of primary amides is 1. The van der Waals surface area contributed by atoms with Crippen LogP contribution in [0.1, 0.15) is 11.3 Å². The molecule has 1 unspecified atom stereocenters. The summed E-state index contributed by atoms with van der Waals surface area (Å²) in [6.07, 6.45) is 0. The topological polar surface area (TPSA) is 123 Å². The van der Waals surface area contributed by atoms with E-state index in [9.17, 15) is 9.59 Å². The third-order valence-electron chi connectivity index (χ3n) is 4.95. The van der Waals surface area contributed by atoms with Crippen LogP contribution in [-0.2, 0) is 16.1 Å². The number of carbonyl (C=O) groups excluding carboxylic acids is 2. The van der Waals surface area contributed by atoms with Gasteiger partial charge in [0.05, 0.1) is 18.8 Å². The Morgan fingerprint density at radius 2 is 1.85 bits per heavy atom. The number of carbonyl (C=O) groups is 2. The van der Waals surface area contributed by atoms with Gasteiger partial charge in [0, 0.05) is 16.8 Å². The van der Waals surface area contributed by atoms with Gasteiger partial charge in [0.2, 0.25) is 23.7 Å². The van der Waals surface area contributed by atoms with Crippen LogP contribution < -0.4 is 15.8 Å². The number of halogens is 1. The van der Waals surface area contributed by atoms with Crippen LogP contribution in [0.4, 0.5) is 5.69 Å². The zero-order valence-corrected chi connectivity index (χ0v) is 18.5. The molecule has 0 saturated heterocycles. The molecule has 2 heterocycles. The summed E-state index contributed by atoms with van der Waals surface area (Å²) in [5.41, 5.74) is 7.71. The first kappa shape index (κ1) is 22.2. The zero-order chi connectivity index (χ0) is 23.4. The molecule has 4 rings (SSSR count). The Bertz CT molecular complexity index is 1180. The molecule has 1 aliphatic rings. The van der Waals surface area contributed by atoms with E-state index in [4.69, 9.17) is 22.1 Å². The molecule has 1 atom stereocenters. The van der Waals surface area contributed by atoms with Gasteiger partial charge in [-0.05, 0) is 55.0 Å². The average molecular weight is 465 g/mol. The lowest BCUT2D eigenvalue weighted by molar-refractivity contribution is -0.138. The second-order valence-electron chi connectivity index (χ2n) is 7.43. The lowest BCUT2D eigenvalue weighted by Crippen LogP contribution is -2.51. The van der Waals surface area contributed by atoms with Crippen molar-refractivity contribution in [3.63, 3.8) is 0 Å². The highest BCUT2D eigenvalue weighted by Gasteiger charge is 2.35. The van der Waals surface area contributed by atoms with Crippen LogP contribution in [0, 0.1) is 12.8 Å². The van der Waals surface area contributed by atoms with Gasteiger partial charge in [-0.1, -0.05) is 23.7 Å². The van der Waals surface area contributed by atoms with E-state index in [1.807, 2.05) is 13.0 Å². The standard InChI is InChI=1S/C23H21ClN6O3/c1-14-2-11-20(29-28-14)33-18-9-7-17(8-10-18)27-23-26-12-19(21(25)31)22(32)30(23)13-15-3-5-16(24)6-4-15/h2-11,19H,12-13H2,1H3,(H2,25,31)(H,26,27). The minimum absolute atomic E-state index is 0.0130. The van der Waals surface area contributed by atoms with Gasteiger partial charge in [-0.2, -0.15) is 5.10 Å². The number of benzene rings is 2. The fourth-order valence-corrected chi connectivity index (χ4v) is 3.30. The fourth-order valence-electron chi connectivity index (χ4n) is 3.17. The highest BCUT2D eigenvalue weighted by Crippen LogP contribution is 2.23. The van der Waals surface area contributed by atoms with Crippen molar-refractivity contribution < 1.29 is 14.3 Å². The smallest absolute Gasteiger partial charge is 0.244 e. The molecule has 0 aliphatic carbocycles. The van der Waals surface area contributed by atoms with E-state index in [0.717, 1.165) is 11.3 Å². The maximum Gasteiger partial charge on any atom is 0.244 e. The summed E-state index contributed by atoms with van der Waals surface area (Å²) in [4.78, 5) is 30.5. The van der Waals surface area contributed by atoms with Gasteiger partial charge in [-0.15, -0.1) is 5.10 Å². The van der Waals surface area contributed by atoms with Gasteiger partial charge in [0.1, 0.15) is 11.7 Å². The quantitative estimate of drug-likeness (QED) is 0.540. The maximum atomic E-state index is 13.0. The number of nitrogens with two attached hydrogens (primary N) is 1. The number of guanidine groups is 1. The molecule has 3 aromatic rings. The number of aliphatic imine (C=N–C) groups is 1. The number of anilines is 1. The third kappa shape index (κ3) is 5.45. The molecule has 2 amide bonds. The third-order valence-corrected chi connectivity index (χ3v) is 5.20. The Hall–Kier alpha value is -3.98. The van der Waals surface area contributed by atoms with Crippen molar-refractivity contribution in [2.75, 3.05) is 11.9 Å². The molecule has 168 valence electrons. The number of hydrogen-bond acceptors (Lipinski definition) is 7. The molecule has 10 heteroatoms. The molecule has 0 bridgehead atoms. The van der Waals surface area contributed by atoms with E-state index in [2.05, 4.69) is 20.5 Å². The Morgan fingerprint density at radius 1 is 1.12 bits per heavy atom. The predicted octanol–water partition coefficient (Wildman–Crippen LogP) is 3.14. The summed E-state index contributed by atoms with van der Waals surface area (Å²) in [5.74, 6) is -0.834. The molecular formula is C23H21ClN6O3. The largest absolute Gasteiger partial charge is 0.438 e. The fraction of sp³-hybridized carbons (Fsp3) is 0.174. The van der Waals surface area contributed by atoms with Crippen molar-refractivity contribution in [3.05, 3.63) is 76.9 Å². The van der Waals surface area contributed by atoms with E-state index >= 15 is 0 Å². The van der Waals surface area contributed by atoms with E-state index in [0.29, 0.717) is 28.3 Å². The number of aromatic nitrogens is 2. The molecule has 9 nitrogen and oxygen atoms in total. The van der Waals surface area contributed by atoms with Crippen LogP contribution >= 0.6 is 11.6 Å². The van der Waals surface area contributed by atoms with E-state index in [1.54, 1.807) is 54.6 Å². The second kappa shape index (κ2) is 9.66. The SMILES string of the molecule is Cc1ccc(Oc2ccc(NC3=NCC(C(N)=O)C(=O)N3Cc3ccc(Cl)cc3)cc2)nn1. The van der Waals surface area contributed by atoms with Crippen LogP contribution in [0.15, 0.2) is 65.7 Å². The number of aryl methyl sites for hydroxylation is 1. The van der Waals surface area contributed by atoms with Gasteiger partial charge in [0.15, 0.2) is 0 Å². The van der Waals surface area contributed by atoms with Crippen molar-refractivity contribution in [1.29, 1.82) is 0 Å².